The van der Waals surface area contributed by atoms with Gasteiger partial charge in [0.15, 0.2) is 6.29 Å². The lowest BCUT2D eigenvalue weighted by atomic mass is 9.99. The Kier molecular flexibility index (Phi) is 6.22. The molecule has 0 saturated carbocycles. The minimum Gasteiger partial charge on any atom is -0.444 e. The number of hydrogen-bond donors (Lipinski definition) is 1. The van der Waals surface area contributed by atoms with Crippen LogP contribution in [0.3, 0.4) is 0 Å². The van der Waals surface area contributed by atoms with Crippen molar-refractivity contribution in [3.63, 3.8) is 0 Å². The van der Waals surface area contributed by atoms with Crippen LogP contribution in [0.4, 0.5) is 4.79 Å². The average Bonchev–Trinajstić information content (AvgIpc) is 2.59. The zero-order chi connectivity index (χ0) is 19.2. The van der Waals surface area contributed by atoms with E-state index in [1.807, 2.05) is 24.3 Å². The number of hydrogen-bond acceptors (Lipinski definition) is 5. The molecule has 0 saturated heterocycles. The largest absolute Gasteiger partial charge is 0.444 e. The molecule has 0 atom stereocenters. The molecule has 2 rings (SSSR count). The van der Waals surface area contributed by atoms with Crippen LogP contribution in [0.5, 0.6) is 0 Å². The summed E-state index contributed by atoms with van der Waals surface area (Å²) in [5.74, 6) is -0.598. The molecule has 0 unspecified atom stereocenters. The number of aldehydes is 1. The van der Waals surface area contributed by atoms with Crippen LogP contribution in [0, 0.1) is 0 Å². The van der Waals surface area contributed by atoms with Crippen LogP contribution in [0.2, 0.25) is 0 Å². The maximum atomic E-state index is 11.8. The number of amides is 1. The van der Waals surface area contributed by atoms with Crippen LogP contribution in [-0.4, -0.2) is 28.7 Å². The summed E-state index contributed by atoms with van der Waals surface area (Å²) in [6, 6.07) is 9.31. The zero-order valence-electron chi connectivity index (χ0n) is 15.1. The number of carbonyl (C=O) groups is 3. The van der Waals surface area contributed by atoms with Crippen molar-refractivity contribution < 1.29 is 19.1 Å². The second kappa shape index (κ2) is 8.38. The summed E-state index contributed by atoms with van der Waals surface area (Å²) in [5.41, 5.74) is 2.44. The van der Waals surface area contributed by atoms with Crippen molar-refractivity contribution in [2.24, 2.45) is 0 Å². The molecule has 0 aliphatic heterocycles. The highest BCUT2D eigenvalue weighted by Crippen LogP contribution is 2.15. The first-order chi connectivity index (χ1) is 12.3. The maximum absolute atomic E-state index is 11.8. The molecule has 0 bridgehead atoms. The molecule has 136 valence electrons. The number of alkyl carbamates (subject to hydrolysis) is 1. The number of aromatic nitrogens is 1. The average molecular weight is 354 g/mol. The lowest BCUT2D eigenvalue weighted by Crippen LogP contribution is -2.32. The van der Waals surface area contributed by atoms with E-state index in [9.17, 15) is 14.4 Å². The highest BCUT2D eigenvalue weighted by molar-refractivity contribution is 6.33. The Hall–Kier alpha value is -3.02. The van der Waals surface area contributed by atoms with Gasteiger partial charge in [0, 0.05) is 24.5 Å². The van der Waals surface area contributed by atoms with E-state index in [0.29, 0.717) is 13.0 Å². The van der Waals surface area contributed by atoms with Crippen molar-refractivity contribution in [2.45, 2.75) is 39.3 Å². The van der Waals surface area contributed by atoms with E-state index in [1.165, 1.54) is 6.20 Å². The second-order valence-corrected chi connectivity index (χ2v) is 6.86. The van der Waals surface area contributed by atoms with Crippen molar-refractivity contribution in [2.75, 3.05) is 0 Å². The minimum atomic E-state index is -0.598. The van der Waals surface area contributed by atoms with Crippen molar-refractivity contribution >= 4 is 18.2 Å². The van der Waals surface area contributed by atoms with Crippen LogP contribution >= 0.6 is 0 Å². The highest BCUT2D eigenvalue weighted by Gasteiger charge is 2.16. The summed E-state index contributed by atoms with van der Waals surface area (Å²) in [6.45, 7) is 5.74. The van der Waals surface area contributed by atoms with Crippen molar-refractivity contribution in [3.8, 4) is 0 Å². The molecule has 1 aromatic heterocycles. The summed E-state index contributed by atoms with van der Waals surface area (Å²) in [6.07, 6.45) is 3.35. The van der Waals surface area contributed by atoms with Crippen LogP contribution in [0.1, 0.15) is 47.8 Å². The summed E-state index contributed by atoms with van der Waals surface area (Å²) >= 11 is 0. The van der Waals surface area contributed by atoms with E-state index in [1.54, 1.807) is 33.0 Å². The molecule has 2 aromatic rings. The maximum Gasteiger partial charge on any atom is 0.407 e. The molecular formula is C20H22N2O4. The molecule has 6 nitrogen and oxygen atoms in total. The predicted octanol–water partition coefficient (Wildman–Crippen LogP) is 3.08. The number of ether oxygens (including phenoxy) is 1. The van der Waals surface area contributed by atoms with E-state index >= 15 is 0 Å². The quantitative estimate of drug-likeness (QED) is 0.489. The number of Topliss-reactive ketones (excluding diaryl/α,β-unsaturated/α-hetero) is 1. The van der Waals surface area contributed by atoms with E-state index in [2.05, 4.69) is 10.3 Å². The molecule has 1 amide bonds. The molecule has 0 aliphatic rings. The highest BCUT2D eigenvalue weighted by atomic mass is 16.6. The molecule has 26 heavy (non-hydrogen) atoms. The van der Waals surface area contributed by atoms with Gasteiger partial charge in [-0.25, -0.2) is 4.79 Å². The number of nitrogens with one attached hydrogen (secondary N) is 1. The first kappa shape index (κ1) is 19.3. The minimum absolute atomic E-state index is 0.266. The fourth-order valence-electron chi connectivity index (χ4n) is 2.39. The number of nitrogens with zero attached hydrogens (tertiary/aromatic N) is 1. The number of pyridine rings is 1. The fraction of sp³-hybridized carbons (Fsp3) is 0.300. The van der Waals surface area contributed by atoms with Gasteiger partial charge in [-0.05, 0) is 49.9 Å². The van der Waals surface area contributed by atoms with Gasteiger partial charge in [0.2, 0.25) is 5.78 Å². The summed E-state index contributed by atoms with van der Waals surface area (Å²) in [4.78, 5) is 38.0. The van der Waals surface area contributed by atoms with Crippen LogP contribution < -0.4 is 5.32 Å². The smallest absolute Gasteiger partial charge is 0.407 e. The monoisotopic (exact) mass is 354 g/mol. The van der Waals surface area contributed by atoms with E-state index < -0.39 is 17.5 Å². The molecule has 6 heteroatoms. The molecule has 1 N–H and O–H groups in total. The molecule has 0 radical (unpaired) electrons. The van der Waals surface area contributed by atoms with Crippen molar-refractivity contribution in [1.29, 1.82) is 0 Å². The van der Waals surface area contributed by atoms with Gasteiger partial charge in [0.05, 0.1) is 0 Å². The van der Waals surface area contributed by atoms with Gasteiger partial charge in [0.1, 0.15) is 5.60 Å². The second-order valence-electron chi connectivity index (χ2n) is 6.86. The van der Waals surface area contributed by atoms with Crippen LogP contribution in [0.15, 0.2) is 42.7 Å². The summed E-state index contributed by atoms with van der Waals surface area (Å²) in [7, 11) is 0. The topological polar surface area (TPSA) is 85.4 Å². The fourth-order valence-corrected chi connectivity index (χ4v) is 2.39. The van der Waals surface area contributed by atoms with Crippen molar-refractivity contribution in [3.05, 3.63) is 65.0 Å². The van der Waals surface area contributed by atoms with Gasteiger partial charge < -0.3 is 10.1 Å². The van der Waals surface area contributed by atoms with Gasteiger partial charge >= 0.3 is 6.09 Å². The Labute approximate surface area is 152 Å². The molecule has 1 aromatic carbocycles. The standard InChI is InChI=1S/C20H22N2O4/c1-20(2,3)26-19(25)22-12-16-7-5-4-6-15(16)8-14-9-17(11-21-10-14)18(24)13-23/h4-7,9-11,13H,8,12H2,1-3H3,(H,22,25). The summed E-state index contributed by atoms with van der Waals surface area (Å²) in [5, 5.41) is 2.74. The van der Waals surface area contributed by atoms with E-state index in [-0.39, 0.29) is 11.8 Å². The Bertz CT molecular complexity index is 809. The molecule has 1 heterocycles. The van der Waals surface area contributed by atoms with E-state index in [0.717, 1.165) is 16.7 Å². The van der Waals surface area contributed by atoms with Gasteiger partial charge in [-0.2, -0.15) is 0 Å². The van der Waals surface area contributed by atoms with Gasteiger partial charge in [-0.3, -0.25) is 14.6 Å². The Balaban J connectivity index is 2.11. The Morgan fingerprint density at radius 3 is 2.50 bits per heavy atom. The van der Waals surface area contributed by atoms with Gasteiger partial charge in [0.25, 0.3) is 0 Å². The van der Waals surface area contributed by atoms with E-state index in [4.69, 9.17) is 4.74 Å². The lowest BCUT2D eigenvalue weighted by molar-refractivity contribution is -0.104. The third-order valence-electron chi connectivity index (χ3n) is 3.52. The number of carbonyl (C=O) groups excluding carboxylic acids is 3. The van der Waals surface area contributed by atoms with Gasteiger partial charge in [-0.15, -0.1) is 0 Å². The number of ketones is 1. The summed E-state index contributed by atoms with van der Waals surface area (Å²) < 4.78 is 5.24. The zero-order valence-corrected chi connectivity index (χ0v) is 15.1. The third-order valence-corrected chi connectivity index (χ3v) is 3.52. The first-order valence-electron chi connectivity index (χ1n) is 8.25. The first-order valence-corrected chi connectivity index (χ1v) is 8.25. The Morgan fingerprint density at radius 2 is 1.85 bits per heavy atom. The predicted molar refractivity (Wildman–Crippen MR) is 97.0 cm³/mol. The number of rotatable bonds is 6. The Morgan fingerprint density at radius 1 is 1.15 bits per heavy atom. The molecule has 0 fully saturated rings. The molecule has 0 aliphatic carbocycles. The van der Waals surface area contributed by atoms with Crippen LogP contribution in [-0.2, 0) is 22.5 Å². The SMILES string of the molecule is CC(C)(C)OC(=O)NCc1ccccc1Cc1cncc(C(=O)C=O)c1. The van der Waals surface area contributed by atoms with Crippen molar-refractivity contribution in [1.82, 2.24) is 10.3 Å². The normalized spacial score (nSPS) is 10.9. The molecular weight excluding hydrogens is 332 g/mol. The third kappa shape index (κ3) is 5.81. The van der Waals surface area contributed by atoms with Gasteiger partial charge in [-0.1, -0.05) is 24.3 Å². The lowest BCUT2D eigenvalue weighted by Gasteiger charge is -2.20. The van der Waals surface area contributed by atoms with Crippen LogP contribution in [0.25, 0.3) is 0 Å². The number of benzene rings is 1. The molecule has 0 spiro atoms.